The second kappa shape index (κ2) is 6.25. The molecule has 2 atom stereocenters. The van der Waals surface area contributed by atoms with E-state index in [4.69, 9.17) is 5.73 Å². The van der Waals surface area contributed by atoms with Crippen LogP contribution in [-0.4, -0.2) is 42.0 Å². The van der Waals surface area contributed by atoms with Crippen LogP contribution in [0.4, 0.5) is 0 Å². The highest BCUT2D eigenvalue weighted by molar-refractivity contribution is 5.85. The van der Waals surface area contributed by atoms with Crippen molar-refractivity contribution < 1.29 is 4.79 Å². The largest absolute Gasteiger partial charge is 0.368 e. The molecule has 3 N–H and O–H groups in total. The fourth-order valence-electron chi connectivity index (χ4n) is 4.24. The molecule has 120 valence electrons. The van der Waals surface area contributed by atoms with Gasteiger partial charge in [-0.15, -0.1) is 0 Å². The summed E-state index contributed by atoms with van der Waals surface area (Å²) in [6.07, 6.45) is 9.94. The Bertz CT molecular complexity index is 378. The molecule has 0 spiro atoms. The number of carbonyl (C=O) groups is 1. The minimum atomic E-state index is -0.427. The smallest absolute Gasteiger partial charge is 0.238 e. The van der Waals surface area contributed by atoms with Gasteiger partial charge in [-0.3, -0.25) is 4.79 Å². The molecule has 0 radical (unpaired) electrons. The summed E-state index contributed by atoms with van der Waals surface area (Å²) < 4.78 is 0. The summed E-state index contributed by atoms with van der Waals surface area (Å²) in [5.41, 5.74) is 5.34. The van der Waals surface area contributed by atoms with Gasteiger partial charge in [0.2, 0.25) is 5.91 Å². The van der Waals surface area contributed by atoms with E-state index in [0.717, 1.165) is 50.7 Å². The number of nitrogens with zero attached hydrogens (tertiary/aromatic N) is 1. The number of nitrogens with one attached hydrogen (secondary N) is 1. The molecule has 0 heterocycles. The molecule has 0 aromatic heterocycles. The van der Waals surface area contributed by atoms with Gasteiger partial charge in [-0.25, -0.2) is 0 Å². The van der Waals surface area contributed by atoms with Crippen LogP contribution in [0.1, 0.15) is 58.3 Å². The highest BCUT2D eigenvalue weighted by Crippen LogP contribution is 2.40. The van der Waals surface area contributed by atoms with Crippen molar-refractivity contribution in [2.24, 2.45) is 17.6 Å². The molecular weight excluding hydrogens is 262 g/mol. The molecule has 0 saturated heterocycles. The number of carbonyl (C=O) groups excluding carboxylic acids is 1. The van der Waals surface area contributed by atoms with Crippen LogP contribution in [0.2, 0.25) is 0 Å². The van der Waals surface area contributed by atoms with Crippen molar-refractivity contribution in [2.75, 3.05) is 19.6 Å². The van der Waals surface area contributed by atoms with Gasteiger partial charge < -0.3 is 16.0 Å². The van der Waals surface area contributed by atoms with E-state index >= 15 is 0 Å². The predicted molar refractivity (Wildman–Crippen MR) is 84.9 cm³/mol. The third-order valence-corrected chi connectivity index (χ3v) is 5.77. The van der Waals surface area contributed by atoms with E-state index in [9.17, 15) is 4.79 Å². The van der Waals surface area contributed by atoms with Crippen molar-refractivity contribution in [3.05, 3.63) is 0 Å². The molecule has 0 bridgehead atoms. The van der Waals surface area contributed by atoms with Gasteiger partial charge in [-0.2, -0.15) is 0 Å². The van der Waals surface area contributed by atoms with E-state index in [2.05, 4.69) is 17.1 Å². The molecular formula is C17H31N3O. The Morgan fingerprint density at radius 3 is 2.62 bits per heavy atom. The summed E-state index contributed by atoms with van der Waals surface area (Å²) in [6.45, 7) is 5.35. The summed E-state index contributed by atoms with van der Waals surface area (Å²) in [5, 5.41) is 3.44. The first-order chi connectivity index (χ1) is 10.2. The maximum absolute atomic E-state index is 12.0. The Morgan fingerprint density at radius 1 is 1.29 bits per heavy atom. The van der Waals surface area contributed by atoms with Crippen molar-refractivity contribution in [2.45, 2.75) is 69.9 Å². The molecule has 0 aliphatic heterocycles. The average Bonchev–Trinajstić information content (AvgIpc) is 3.34. The lowest BCUT2D eigenvalue weighted by Crippen LogP contribution is -2.58. The van der Waals surface area contributed by atoms with Gasteiger partial charge in [-0.1, -0.05) is 13.3 Å². The van der Waals surface area contributed by atoms with E-state index in [1.54, 1.807) is 0 Å². The van der Waals surface area contributed by atoms with Crippen LogP contribution in [0.15, 0.2) is 0 Å². The third kappa shape index (κ3) is 3.42. The maximum Gasteiger partial charge on any atom is 0.238 e. The Kier molecular flexibility index (Phi) is 4.55. The molecule has 4 heteroatoms. The number of hydrogen-bond acceptors (Lipinski definition) is 3. The second-order valence-corrected chi connectivity index (χ2v) is 7.41. The minimum Gasteiger partial charge on any atom is -0.368 e. The average molecular weight is 293 g/mol. The van der Waals surface area contributed by atoms with E-state index in [1.165, 1.54) is 32.2 Å². The van der Waals surface area contributed by atoms with Crippen molar-refractivity contribution in [1.29, 1.82) is 0 Å². The maximum atomic E-state index is 12.0. The molecule has 0 aromatic rings. The fraction of sp³-hybridized carbons (Fsp3) is 0.941. The Balaban J connectivity index is 1.57. The zero-order chi connectivity index (χ0) is 14.9. The Labute approximate surface area is 128 Å². The standard InChI is InChI=1S/C17H31N3O/c1-2-19-17(16(18)21)10-3-4-14(17)9-11-20(15-7-8-15)12-13-5-6-13/h13-15,19H,2-12H2,1H3,(H2,18,21). The summed E-state index contributed by atoms with van der Waals surface area (Å²) in [4.78, 5) is 14.8. The van der Waals surface area contributed by atoms with Crippen LogP contribution >= 0.6 is 0 Å². The lowest BCUT2D eigenvalue weighted by molar-refractivity contribution is -0.126. The summed E-state index contributed by atoms with van der Waals surface area (Å²) in [7, 11) is 0. The van der Waals surface area contributed by atoms with E-state index in [1.807, 2.05) is 0 Å². The molecule has 0 aromatic carbocycles. The van der Waals surface area contributed by atoms with Gasteiger partial charge in [0.05, 0.1) is 0 Å². The van der Waals surface area contributed by atoms with E-state index in [-0.39, 0.29) is 5.91 Å². The normalized spacial score (nSPS) is 32.8. The lowest BCUT2D eigenvalue weighted by Gasteiger charge is -2.35. The second-order valence-electron chi connectivity index (χ2n) is 7.41. The molecule has 2 unspecified atom stereocenters. The fourth-order valence-corrected chi connectivity index (χ4v) is 4.24. The Hall–Kier alpha value is -0.610. The van der Waals surface area contributed by atoms with Crippen molar-refractivity contribution >= 4 is 5.91 Å². The lowest BCUT2D eigenvalue weighted by atomic mass is 9.83. The molecule has 1 amide bonds. The van der Waals surface area contributed by atoms with Gasteiger partial charge in [0.25, 0.3) is 0 Å². The first kappa shape index (κ1) is 15.3. The van der Waals surface area contributed by atoms with Crippen LogP contribution in [0.3, 0.4) is 0 Å². The van der Waals surface area contributed by atoms with E-state index in [0.29, 0.717) is 5.92 Å². The minimum absolute atomic E-state index is 0.132. The first-order valence-electron chi connectivity index (χ1n) is 8.94. The van der Waals surface area contributed by atoms with Gasteiger partial charge in [0.1, 0.15) is 5.54 Å². The molecule has 3 saturated carbocycles. The number of primary amides is 1. The highest BCUT2D eigenvalue weighted by atomic mass is 16.1. The molecule has 3 rings (SSSR count). The van der Waals surface area contributed by atoms with Gasteiger partial charge in [-0.05, 0) is 69.9 Å². The summed E-state index contributed by atoms with van der Waals surface area (Å²) >= 11 is 0. The van der Waals surface area contributed by atoms with Crippen LogP contribution in [-0.2, 0) is 4.79 Å². The molecule has 3 fully saturated rings. The molecule has 3 aliphatic carbocycles. The Morgan fingerprint density at radius 2 is 2.05 bits per heavy atom. The monoisotopic (exact) mass is 293 g/mol. The SMILES string of the molecule is CCNC1(C(N)=O)CCCC1CCN(CC1CC1)C1CC1. The van der Waals surface area contributed by atoms with E-state index < -0.39 is 5.54 Å². The molecule has 4 nitrogen and oxygen atoms in total. The summed E-state index contributed by atoms with van der Waals surface area (Å²) in [6, 6.07) is 0.842. The van der Waals surface area contributed by atoms with Crippen LogP contribution in [0.25, 0.3) is 0 Å². The topological polar surface area (TPSA) is 58.4 Å². The zero-order valence-electron chi connectivity index (χ0n) is 13.4. The van der Waals surface area contributed by atoms with Crippen LogP contribution < -0.4 is 11.1 Å². The van der Waals surface area contributed by atoms with Crippen molar-refractivity contribution in [3.8, 4) is 0 Å². The van der Waals surface area contributed by atoms with Crippen molar-refractivity contribution in [3.63, 3.8) is 0 Å². The number of nitrogens with two attached hydrogens (primary N) is 1. The third-order valence-electron chi connectivity index (χ3n) is 5.77. The first-order valence-corrected chi connectivity index (χ1v) is 8.94. The zero-order valence-corrected chi connectivity index (χ0v) is 13.4. The number of hydrogen-bond donors (Lipinski definition) is 2. The van der Waals surface area contributed by atoms with Gasteiger partial charge in [0, 0.05) is 12.6 Å². The molecule has 3 aliphatic rings. The van der Waals surface area contributed by atoms with Crippen LogP contribution in [0, 0.1) is 11.8 Å². The van der Waals surface area contributed by atoms with Gasteiger partial charge in [0.15, 0.2) is 0 Å². The number of amides is 1. The highest BCUT2D eigenvalue weighted by Gasteiger charge is 2.47. The number of rotatable bonds is 9. The number of likely N-dealkylation sites (N-methyl/N-ethyl adjacent to an activating group) is 1. The predicted octanol–water partition coefficient (Wildman–Crippen LogP) is 1.88. The summed E-state index contributed by atoms with van der Waals surface area (Å²) in [5.74, 6) is 1.26. The van der Waals surface area contributed by atoms with Crippen LogP contribution in [0.5, 0.6) is 0 Å². The quantitative estimate of drug-likeness (QED) is 0.682. The molecule has 21 heavy (non-hydrogen) atoms. The van der Waals surface area contributed by atoms with Crippen molar-refractivity contribution in [1.82, 2.24) is 10.2 Å². The van der Waals surface area contributed by atoms with Gasteiger partial charge >= 0.3 is 0 Å².